The maximum absolute atomic E-state index is 14.0. The van der Waals surface area contributed by atoms with E-state index < -0.39 is 17.7 Å². The van der Waals surface area contributed by atoms with Gasteiger partial charge in [0, 0.05) is 17.7 Å². The van der Waals surface area contributed by atoms with Gasteiger partial charge in [-0.05, 0) is 49.8 Å². The van der Waals surface area contributed by atoms with Crippen molar-refractivity contribution in [2.45, 2.75) is 44.2 Å². The molecule has 1 N–H and O–H groups in total. The molecule has 1 aromatic heterocycles. The number of nitrogens with one attached hydrogen (secondary N) is 1. The van der Waals surface area contributed by atoms with E-state index >= 15 is 0 Å². The van der Waals surface area contributed by atoms with Gasteiger partial charge in [0.05, 0.1) is 11.7 Å². The van der Waals surface area contributed by atoms with Gasteiger partial charge in [0.15, 0.2) is 0 Å². The molecule has 2 aliphatic rings. The van der Waals surface area contributed by atoms with Crippen LogP contribution in [-0.2, 0) is 11.3 Å². The number of carbonyl (C=O) groups excluding carboxylic acids is 1. The number of amides is 1. The van der Waals surface area contributed by atoms with E-state index in [1.165, 1.54) is 10.7 Å². The molecule has 24 heavy (non-hydrogen) atoms. The van der Waals surface area contributed by atoms with Gasteiger partial charge in [-0.2, -0.15) is 0 Å². The molecule has 1 atom stereocenters. The van der Waals surface area contributed by atoms with Gasteiger partial charge >= 0.3 is 0 Å². The maximum atomic E-state index is 14.0. The van der Waals surface area contributed by atoms with Crippen LogP contribution in [0.1, 0.15) is 48.9 Å². The normalized spacial score (nSPS) is 18.4. The van der Waals surface area contributed by atoms with Crippen molar-refractivity contribution in [1.29, 1.82) is 0 Å². The Morgan fingerprint density at radius 3 is 2.79 bits per heavy atom. The lowest BCUT2D eigenvalue weighted by molar-refractivity contribution is -0.122. The number of halogens is 2. The first-order valence-corrected chi connectivity index (χ1v) is 8.24. The van der Waals surface area contributed by atoms with Crippen LogP contribution in [0.3, 0.4) is 0 Å². The van der Waals surface area contributed by atoms with Gasteiger partial charge in [-0.1, -0.05) is 5.21 Å². The standard InChI is InChI=1S/C17H18F2N4O/c18-12-5-6-14(19)13(7-12)17(11-3-4-11)20-16(24)9-23-8-15(21-22-23)10-1-2-10/h5-8,10-11,17H,1-4,9H2,(H,20,24)/t17-/m1/s1. The number of rotatable bonds is 6. The number of nitrogens with zero attached hydrogens (tertiary/aromatic N) is 3. The number of aromatic nitrogens is 3. The average molecular weight is 332 g/mol. The van der Waals surface area contributed by atoms with Crippen LogP contribution in [-0.4, -0.2) is 20.9 Å². The van der Waals surface area contributed by atoms with Gasteiger partial charge in [-0.15, -0.1) is 5.10 Å². The van der Waals surface area contributed by atoms with Crippen LogP contribution in [0.4, 0.5) is 8.78 Å². The van der Waals surface area contributed by atoms with E-state index in [1.807, 2.05) is 0 Å². The fraction of sp³-hybridized carbons (Fsp3) is 0.471. The predicted molar refractivity (Wildman–Crippen MR) is 82.0 cm³/mol. The summed E-state index contributed by atoms with van der Waals surface area (Å²) in [4.78, 5) is 12.3. The van der Waals surface area contributed by atoms with Crippen LogP contribution in [0.2, 0.25) is 0 Å². The second kappa shape index (κ2) is 5.96. The summed E-state index contributed by atoms with van der Waals surface area (Å²) in [7, 11) is 0. The summed E-state index contributed by atoms with van der Waals surface area (Å²) in [6.45, 7) is 0.0277. The number of hydrogen-bond acceptors (Lipinski definition) is 3. The Morgan fingerprint density at radius 2 is 2.08 bits per heavy atom. The van der Waals surface area contributed by atoms with Gasteiger partial charge in [0.25, 0.3) is 0 Å². The fourth-order valence-corrected chi connectivity index (χ4v) is 2.96. The average Bonchev–Trinajstić information content (AvgIpc) is 3.47. The number of carbonyl (C=O) groups is 1. The zero-order valence-corrected chi connectivity index (χ0v) is 13.1. The Kier molecular flexibility index (Phi) is 3.78. The van der Waals surface area contributed by atoms with E-state index in [4.69, 9.17) is 0 Å². The van der Waals surface area contributed by atoms with E-state index in [1.54, 1.807) is 6.20 Å². The molecule has 2 saturated carbocycles. The molecular formula is C17H18F2N4O. The Labute approximate surface area is 138 Å². The molecule has 7 heteroatoms. The molecular weight excluding hydrogens is 314 g/mol. The summed E-state index contributed by atoms with van der Waals surface area (Å²) in [5.41, 5.74) is 1.13. The fourth-order valence-electron chi connectivity index (χ4n) is 2.96. The lowest BCUT2D eigenvalue weighted by Gasteiger charge is -2.19. The van der Waals surface area contributed by atoms with Crippen LogP contribution in [0, 0.1) is 17.6 Å². The Balaban J connectivity index is 1.46. The Hall–Kier alpha value is -2.31. The highest BCUT2D eigenvalue weighted by Gasteiger charge is 2.35. The Bertz CT molecular complexity index is 768. The Morgan fingerprint density at radius 1 is 1.29 bits per heavy atom. The minimum Gasteiger partial charge on any atom is -0.347 e. The van der Waals surface area contributed by atoms with E-state index in [2.05, 4.69) is 15.6 Å². The van der Waals surface area contributed by atoms with Gasteiger partial charge in [-0.3, -0.25) is 4.79 Å². The molecule has 0 unspecified atom stereocenters. The van der Waals surface area contributed by atoms with Gasteiger partial charge < -0.3 is 5.32 Å². The maximum Gasteiger partial charge on any atom is 0.242 e. The molecule has 2 aliphatic carbocycles. The van der Waals surface area contributed by atoms with Gasteiger partial charge in [-0.25, -0.2) is 13.5 Å². The van der Waals surface area contributed by atoms with Crippen molar-refractivity contribution < 1.29 is 13.6 Å². The monoisotopic (exact) mass is 332 g/mol. The van der Waals surface area contributed by atoms with E-state index in [0.29, 0.717) is 5.92 Å². The minimum absolute atomic E-state index is 0.0277. The van der Waals surface area contributed by atoms with Crippen molar-refractivity contribution in [3.63, 3.8) is 0 Å². The SMILES string of the molecule is O=C(Cn1cc(C2CC2)nn1)N[C@@H](c1cc(F)ccc1F)C1CC1. The molecule has 0 saturated heterocycles. The summed E-state index contributed by atoms with van der Waals surface area (Å²) in [5, 5.41) is 10.9. The second-order valence-corrected chi connectivity index (χ2v) is 6.66. The quantitative estimate of drug-likeness (QED) is 0.885. The largest absolute Gasteiger partial charge is 0.347 e. The third-order valence-electron chi connectivity index (χ3n) is 4.56. The van der Waals surface area contributed by atoms with Crippen molar-refractivity contribution in [2.75, 3.05) is 0 Å². The minimum atomic E-state index is -0.503. The van der Waals surface area contributed by atoms with Crippen LogP contribution in [0.15, 0.2) is 24.4 Å². The lowest BCUT2D eigenvalue weighted by atomic mass is 10.0. The van der Waals surface area contributed by atoms with Crippen molar-refractivity contribution in [1.82, 2.24) is 20.3 Å². The summed E-state index contributed by atoms with van der Waals surface area (Å²) < 4.78 is 29.0. The number of benzene rings is 1. The highest BCUT2D eigenvalue weighted by atomic mass is 19.1. The topological polar surface area (TPSA) is 59.8 Å². The van der Waals surface area contributed by atoms with Gasteiger partial charge in [0.1, 0.15) is 18.2 Å². The zero-order chi connectivity index (χ0) is 16.7. The van der Waals surface area contributed by atoms with Gasteiger partial charge in [0.2, 0.25) is 5.91 Å². The van der Waals surface area contributed by atoms with Crippen LogP contribution in [0.5, 0.6) is 0 Å². The molecule has 5 nitrogen and oxygen atoms in total. The molecule has 4 rings (SSSR count). The van der Waals surface area contributed by atoms with E-state index in [-0.39, 0.29) is 23.9 Å². The highest BCUT2D eigenvalue weighted by molar-refractivity contribution is 5.76. The molecule has 0 bridgehead atoms. The smallest absolute Gasteiger partial charge is 0.242 e. The summed E-state index contributed by atoms with van der Waals surface area (Å²) >= 11 is 0. The summed E-state index contributed by atoms with van der Waals surface area (Å²) in [5.74, 6) is -0.643. The molecule has 1 aromatic carbocycles. The van der Waals surface area contributed by atoms with Crippen molar-refractivity contribution in [3.8, 4) is 0 Å². The molecule has 1 heterocycles. The molecule has 2 fully saturated rings. The van der Waals surface area contributed by atoms with Crippen LogP contribution < -0.4 is 5.32 Å². The van der Waals surface area contributed by atoms with E-state index in [9.17, 15) is 13.6 Å². The van der Waals surface area contributed by atoms with Crippen molar-refractivity contribution in [3.05, 3.63) is 47.3 Å². The third-order valence-corrected chi connectivity index (χ3v) is 4.56. The van der Waals surface area contributed by atoms with Crippen molar-refractivity contribution >= 4 is 5.91 Å². The summed E-state index contributed by atoms with van der Waals surface area (Å²) in [6.07, 6.45) is 5.82. The molecule has 0 spiro atoms. The predicted octanol–water partition coefficient (Wildman–Crippen LogP) is 2.70. The zero-order valence-electron chi connectivity index (χ0n) is 13.1. The molecule has 126 valence electrons. The highest BCUT2D eigenvalue weighted by Crippen LogP contribution is 2.42. The first-order valence-electron chi connectivity index (χ1n) is 8.24. The first-order chi connectivity index (χ1) is 11.6. The van der Waals surface area contributed by atoms with E-state index in [0.717, 1.165) is 43.5 Å². The first kappa shape index (κ1) is 15.2. The molecule has 2 aromatic rings. The van der Waals surface area contributed by atoms with Crippen LogP contribution in [0.25, 0.3) is 0 Å². The summed E-state index contributed by atoms with van der Waals surface area (Å²) in [6, 6.07) is 2.85. The molecule has 1 amide bonds. The van der Waals surface area contributed by atoms with Crippen LogP contribution >= 0.6 is 0 Å². The second-order valence-electron chi connectivity index (χ2n) is 6.66. The third kappa shape index (κ3) is 3.29. The lowest BCUT2D eigenvalue weighted by Crippen LogP contribution is -2.33. The molecule has 0 radical (unpaired) electrons. The number of hydrogen-bond donors (Lipinski definition) is 1. The molecule has 0 aliphatic heterocycles. The van der Waals surface area contributed by atoms with Crippen molar-refractivity contribution in [2.24, 2.45) is 5.92 Å².